The van der Waals surface area contributed by atoms with Crippen LogP contribution in [0.3, 0.4) is 0 Å². The van der Waals surface area contributed by atoms with Crippen molar-refractivity contribution in [2.45, 2.75) is 37.5 Å². The van der Waals surface area contributed by atoms with Crippen LogP contribution in [0.15, 0.2) is 0 Å². The Balaban J connectivity index is 4.52. The molecule has 0 aliphatic heterocycles. The highest BCUT2D eigenvalue weighted by Crippen LogP contribution is 2.40. The molecule has 0 atom stereocenters. The fraction of sp³-hybridized carbons (Fsp3) is 0.875. The molecule has 6 nitrogen and oxygen atoms in total. The smallest absolute Gasteiger partial charge is 0.431 e. The molecule has 0 aliphatic carbocycles. The number of halogens is 4. The highest BCUT2D eigenvalue weighted by atomic mass is 32.2. The zero-order chi connectivity index (χ0) is 15.5. The Bertz CT molecular complexity index is 423. The maximum absolute atomic E-state index is 12.9. The Morgan fingerprint density at radius 1 is 1.32 bits per heavy atom. The van der Waals surface area contributed by atoms with E-state index >= 15 is 0 Å². The van der Waals surface area contributed by atoms with E-state index in [4.69, 9.17) is 4.55 Å². The van der Waals surface area contributed by atoms with E-state index in [-0.39, 0.29) is 6.04 Å². The predicted octanol–water partition coefficient (Wildman–Crippen LogP) is 1.63. The Labute approximate surface area is 106 Å². The van der Waals surface area contributed by atoms with Crippen LogP contribution in [0.25, 0.3) is 0 Å². The first-order valence-electron chi connectivity index (χ1n) is 4.97. The highest BCUT2D eigenvalue weighted by molar-refractivity contribution is 7.87. The molecule has 0 rings (SSSR count). The summed E-state index contributed by atoms with van der Waals surface area (Å²) in [5, 5.41) is -3.52. The predicted molar refractivity (Wildman–Crippen MR) is 55.7 cm³/mol. The normalized spacial score (nSPS) is 13.5. The average molecular weight is 311 g/mol. The van der Waals surface area contributed by atoms with Gasteiger partial charge < -0.3 is 10.1 Å². The number of hydrogen-bond acceptors (Lipinski definition) is 4. The number of alkyl halides is 4. The van der Waals surface area contributed by atoms with Crippen LogP contribution in [0, 0.1) is 0 Å². The maximum Gasteiger partial charge on any atom is 0.431 e. The summed E-state index contributed by atoms with van der Waals surface area (Å²) in [5.41, 5.74) is 0. The summed E-state index contributed by atoms with van der Waals surface area (Å²) < 4.78 is 83.7. The largest absolute Gasteiger partial charge is 0.449 e. The SMILES string of the molecule is CC(C)NC(=O)OCCC(F)(F)C(F)(F)S(=O)(=O)O. The number of amides is 1. The molecule has 114 valence electrons. The van der Waals surface area contributed by atoms with Crippen LogP contribution in [-0.4, -0.2) is 42.9 Å². The van der Waals surface area contributed by atoms with Crippen molar-refractivity contribution in [2.24, 2.45) is 0 Å². The quantitative estimate of drug-likeness (QED) is 0.574. The minimum absolute atomic E-state index is 0.354. The van der Waals surface area contributed by atoms with Crippen LogP contribution in [0.2, 0.25) is 0 Å². The van der Waals surface area contributed by atoms with Crippen LogP contribution in [0.4, 0.5) is 22.4 Å². The second-order valence-electron chi connectivity index (χ2n) is 3.88. The Morgan fingerprint density at radius 3 is 2.16 bits per heavy atom. The van der Waals surface area contributed by atoms with Gasteiger partial charge in [0.15, 0.2) is 0 Å². The van der Waals surface area contributed by atoms with Gasteiger partial charge in [0.2, 0.25) is 0 Å². The Kier molecular flexibility index (Phi) is 5.56. The first-order chi connectivity index (χ1) is 8.31. The van der Waals surface area contributed by atoms with E-state index in [0.717, 1.165) is 0 Å². The third-order valence-electron chi connectivity index (χ3n) is 1.81. The third-order valence-corrected chi connectivity index (χ3v) is 2.75. The second kappa shape index (κ2) is 5.90. The van der Waals surface area contributed by atoms with Gasteiger partial charge in [0.05, 0.1) is 13.0 Å². The summed E-state index contributed by atoms with van der Waals surface area (Å²) in [7, 11) is -6.27. The number of alkyl carbamates (subject to hydrolysis) is 1. The number of carbonyl (C=O) groups excluding carboxylic acids is 1. The van der Waals surface area contributed by atoms with Crippen molar-refractivity contribution < 1.29 is 40.1 Å². The van der Waals surface area contributed by atoms with Crippen LogP contribution in [0.1, 0.15) is 20.3 Å². The lowest BCUT2D eigenvalue weighted by Crippen LogP contribution is -2.47. The molecular formula is C8H13F4NO5S. The van der Waals surface area contributed by atoms with Gasteiger partial charge in [-0.25, -0.2) is 4.79 Å². The van der Waals surface area contributed by atoms with Gasteiger partial charge in [-0.3, -0.25) is 4.55 Å². The fourth-order valence-electron chi connectivity index (χ4n) is 0.884. The summed E-state index contributed by atoms with van der Waals surface area (Å²) in [6, 6.07) is -0.354. The molecule has 19 heavy (non-hydrogen) atoms. The molecule has 0 heterocycles. The van der Waals surface area contributed by atoms with Gasteiger partial charge in [-0.2, -0.15) is 26.0 Å². The molecule has 0 fully saturated rings. The molecule has 0 saturated carbocycles. The zero-order valence-corrected chi connectivity index (χ0v) is 10.8. The lowest BCUT2D eigenvalue weighted by atomic mass is 10.2. The molecule has 0 unspecified atom stereocenters. The minimum atomic E-state index is -6.27. The van der Waals surface area contributed by atoms with Gasteiger partial charge in [-0.05, 0) is 13.8 Å². The molecule has 1 amide bonds. The van der Waals surface area contributed by atoms with E-state index in [1.807, 2.05) is 0 Å². The van der Waals surface area contributed by atoms with Gasteiger partial charge in [0.1, 0.15) is 0 Å². The van der Waals surface area contributed by atoms with E-state index < -0.39 is 40.4 Å². The van der Waals surface area contributed by atoms with Crippen LogP contribution < -0.4 is 5.32 Å². The summed E-state index contributed by atoms with van der Waals surface area (Å²) in [6.45, 7) is 1.95. The summed E-state index contributed by atoms with van der Waals surface area (Å²) in [4.78, 5) is 10.9. The molecule has 11 heteroatoms. The Morgan fingerprint density at radius 2 is 1.79 bits per heavy atom. The number of rotatable bonds is 6. The second-order valence-corrected chi connectivity index (χ2v) is 5.34. The zero-order valence-electron chi connectivity index (χ0n) is 9.99. The molecule has 0 aliphatic rings. The standard InChI is InChI=1S/C8H13F4NO5S/c1-5(2)13-6(14)18-4-3-7(9,10)8(11,12)19(15,16)17/h5H,3-4H2,1-2H3,(H,13,14)(H,15,16,17). The van der Waals surface area contributed by atoms with Crippen molar-refractivity contribution in [3.8, 4) is 0 Å². The van der Waals surface area contributed by atoms with Gasteiger partial charge in [0.25, 0.3) is 0 Å². The van der Waals surface area contributed by atoms with Crippen molar-refractivity contribution in [1.82, 2.24) is 5.32 Å². The van der Waals surface area contributed by atoms with E-state index in [1.54, 1.807) is 13.8 Å². The van der Waals surface area contributed by atoms with Crippen molar-refractivity contribution in [3.63, 3.8) is 0 Å². The summed E-state index contributed by atoms with van der Waals surface area (Å²) >= 11 is 0. The fourth-order valence-corrected chi connectivity index (χ4v) is 1.36. The first kappa shape index (κ1) is 17.9. The molecule has 0 aromatic rings. The molecule has 0 aromatic heterocycles. The van der Waals surface area contributed by atoms with Gasteiger partial charge in [-0.15, -0.1) is 0 Å². The van der Waals surface area contributed by atoms with E-state index in [0.29, 0.717) is 0 Å². The van der Waals surface area contributed by atoms with Crippen LogP contribution in [0.5, 0.6) is 0 Å². The molecule has 0 saturated heterocycles. The Hall–Kier alpha value is -1.10. The maximum atomic E-state index is 12.9. The van der Waals surface area contributed by atoms with Gasteiger partial charge in [-0.1, -0.05) is 0 Å². The monoisotopic (exact) mass is 311 g/mol. The van der Waals surface area contributed by atoms with E-state index in [2.05, 4.69) is 10.1 Å². The topological polar surface area (TPSA) is 92.7 Å². The number of ether oxygens (including phenoxy) is 1. The van der Waals surface area contributed by atoms with Crippen molar-refractivity contribution >= 4 is 16.2 Å². The number of hydrogen-bond donors (Lipinski definition) is 2. The van der Waals surface area contributed by atoms with Crippen LogP contribution in [-0.2, 0) is 14.9 Å². The summed E-state index contributed by atoms with van der Waals surface area (Å²) in [5.74, 6) is -5.07. The molecule has 0 aromatic carbocycles. The van der Waals surface area contributed by atoms with Gasteiger partial charge >= 0.3 is 27.4 Å². The van der Waals surface area contributed by atoms with E-state index in [9.17, 15) is 30.8 Å². The summed E-state index contributed by atoms with van der Waals surface area (Å²) in [6.07, 6.45) is -2.87. The third kappa shape index (κ3) is 4.82. The van der Waals surface area contributed by atoms with Gasteiger partial charge in [0, 0.05) is 6.04 Å². The van der Waals surface area contributed by atoms with Crippen LogP contribution >= 0.6 is 0 Å². The lowest BCUT2D eigenvalue weighted by Gasteiger charge is -2.23. The van der Waals surface area contributed by atoms with Crippen molar-refractivity contribution in [1.29, 1.82) is 0 Å². The molecule has 0 bridgehead atoms. The highest BCUT2D eigenvalue weighted by Gasteiger charge is 2.65. The first-order valence-corrected chi connectivity index (χ1v) is 6.41. The van der Waals surface area contributed by atoms with Crippen molar-refractivity contribution in [2.75, 3.05) is 6.61 Å². The minimum Gasteiger partial charge on any atom is -0.449 e. The molecule has 0 radical (unpaired) electrons. The van der Waals surface area contributed by atoms with E-state index in [1.165, 1.54) is 0 Å². The lowest BCUT2D eigenvalue weighted by molar-refractivity contribution is -0.168. The average Bonchev–Trinajstić information content (AvgIpc) is 2.13. The molecular weight excluding hydrogens is 298 g/mol. The number of nitrogens with one attached hydrogen (secondary N) is 1. The number of carbonyl (C=O) groups is 1. The molecule has 0 spiro atoms. The molecule has 2 N–H and O–H groups in total. The van der Waals surface area contributed by atoms with Crippen molar-refractivity contribution in [3.05, 3.63) is 0 Å².